The van der Waals surface area contributed by atoms with Gasteiger partial charge in [0, 0.05) is 6.61 Å². The molecule has 2 saturated carbocycles. The van der Waals surface area contributed by atoms with E-state index in [2.05, 4.69) is 13.8 Å². The lowest BCUT2D eigenvalue weighted by molar-refractivity contribution is -0.0576. The van der Waals surface area contributed by atoms with Crippen LogP contribution in [0.1, 0.15) is 127 Å². The normalized spacial score (nSPS) is 33.9. The molecule has 3 fully saturated rings. The van der Waals surface area contributed by atoms with Crippen LogP contribution in [0, 0.1) is 29.4 Å². The first-order chi connectivity index (χ1) is 15.6. The maximum Gasteiger partial charge on any atom is 0.162 e. The molecular weight excluding hydrogens is 402 g/mol. The molecule has 0 radical (unpaired) electrons. The van der Waals surface area contributed by atoms with Crippen LogP contribution in [-0.4, -0.2) is 12.7 Å². The molecule has 1 nitrogen and oxygen atoms in total. The van der Waals surface area contributed by atoms with Crippen molar-refractivity contribution in [3.05, 3.63) is 34.9 Å². The Balaban J connectivity index is 1.32. The predicted molar refractivity (Wildman–Crippen MR) is 128 cm³/mol. The van der Waals surface area contributed by atoms with Crippen LogP contribution in [0.5, 0.6) is 0 Å². The summed E-state index contributed by atoms with van der Waals surface area (Å²) in [4.78, 5) is 0. The van der Waals surface area contributed by atoms with Crippen molar-refractivity contribution in [1.29, 1.82) is 0 Å². The molecule has 1 aromatic rings. The van der Waals surface area contributed by atoms with E-state index >= 15 is 8.78 Å². The second kappa shape index (κ2) is 11.4. The van der Waals surface area contributed by atoms with Gasteiger partial charge in [-0.05, 0) is 111 Å². The second-order valence-electron chi connectivity index (χ2n) is 11.1. The van der Waals surface area contributed by atoms with Crippen LogP contribution in [0.2, 0.25) is 0 Å². The molecule has 3 aliphatic rings. The van der Waals surface area contributed by atoms with Gasteiger partial charge in [0.15, 0.2) is 11.6 Å². The Morgan fingerprint density at radius 1 is 0.688 bits per heavy atom. The van der Waals surface area contributed by atoms with Crippen molar-refractivity contribution in [1.82, 2.24) is 0 Å². The maximum atomic E-state index is 15.2. The van der Waals surface area contributed by atoms with Crippen molar-refractivity contribution in [3.8, 4) is 0 Å². The van der Waals surface area contributed by atoms with Crippen molar-refractivity contribution in [2.75, 3.05) is 6.61 Å². The third kappa shape index (κ3) is 5.57. The van der Waals surface area contributed by atoms with Crippen LogP contribution in [0.4, 0.5) is 8.78 Å². The molecule has 0 aromatic heterocycles. The van der Waals surface area contributed by atoms with Gasteiger partial charge in [-0.2, -0.15) is 0 Å². The molecule has 32 heavy (non-hydrogen) atoms. The van der Waals surface area contributed by atoms with Gasteiger partial charge in [0.25, 0.3) is 0 Å². The van der Waals surface area contributed by atoms with Gasteiger partial charge in [-0.3, -0.25) is 0 Å². The fourth-order valence-electron chi connectivity index (χ4n) is 7.02. The summed E-state index contributed by atoms with van der Waals surface area (Å²) in [6, 6.07) is 3.84. The Bertz CT molecular complexity index is 708. The number of hydrogen-bond acceptors (Lipinski definition) is 1. The van der Waals surface area contributed by atoms with Crippen molar-refractivity contribution >= 4 is 0 Å². The van der Waals surface area contributed by atoms with Gasteiger partial charge in [-0.1, -0.05) is 45.2 Å². The fraction of sp³-hybridized carbons (Fsp3) is 0.793. The zero-order chi connectivity index (χ0) is 22.5. The Morgan fingerprint density at radius 2 is 1.19 bits per heavy atom. The molecule has 0 amide bonds. The van der Waals surface area contributed by atoms with Crippen molar-refractivity contribution in [2.45, 2.75) is 122 Å². The molecule has 0 N–H and O–H groups in total. The first-order valence-corrected chi connectivity index (χ1v) is 13.7. The lowest BCUT2D eigenvalue weighted by Crippen LogP contribution is -2.34. The predicted octanol–water partition coefficient (Wildman–Crippen LogP) is 8.91. The van der Waals surface area contributed by atoms with Crippen molar-refractivity contribution in [3.63, 3.8) is 0 Å². The summed E-state index contributed by atoms with van der Waals surface area (Å²) in [7, 11) is 0. The summed E-state index contributed by atoms with van der Waals surface area (Å²) < 4.78 is 36.5. The first-order valence-electron chi connectivity index (χ1n) is 13.7. The number of halogens is 2. The van der Waals surface area contributed by atoms with Gasteiger partial charge >= 0.3 is 0 Å². The van der Waals surface area contributed by atoms with Crippen LogP contribution in [0.25, 0.3) is 0 Å². The van der Waals surface area contributed by atoms with Crippen LogP contribution >= 0.6 is 0 Å². The highest BCUT2D eigenvalue weighted by molar-refractivity contribution is 5.32. The molecule has 1 aliphatic heterocycles. The lowest BCUT2D eigenvalue weighted by Gasteiger charge is -2.38. The molecule has 0 bridgehead atoms. The summed E-state index contributed by atoms with van der Waals surface area (Å²) in [5, 5.41) is 0. The van der Waals surface area contributed by atoms with Gasteiger partial charge < -0.3 is 4.74 Å². The molecule has 180 valence electrons. The third-order valence-electron chi connectivity index (χ3n) is 8.97. The molecular formula is C29H44F2O. The molecule has 1 saturated heterocycles. The lowest BCUT2D eigenvalue weighted by atomic mass is 9.74. The molecule has 4 rings (SSSR count). The Morgan fingerprint density at radius 3 is 1.69 bits per heavy atom. The number of ether oxygens (including phenoxy) is 1. The first kappa shape index (κ1) is 24.2. The molecule has 2 unspecified atom stereocenters. The van der Waals surface area contributed by atoms with E-state index < -0.39 is 11.6 Å². The monoisotopic (exact) mass is 446 g/mol. The molecule has 2 aliphatic carbocycles. The standard InChI is InChI=1S/C29H44F2O/c1-3-5-20-7-10-22(11-8-20)25-16-17-26(29(31)28(25)30)23-12-14-24(15-13-23)27-18-9-21(6-4-2)19-32-27/h16-17,20-24,27H,3-15,18-19H2,1-2H3. The second-order valence-corrected chi connectivity index (χ2v) is 11.1. The Kier molecular flexibility index (Phi) is 8.65. The van der Waals surface area contributed by atoms with E-state index in [0.717, 1.165) is 69.8 Å². The fourth-order valence-corrected chi connectivity index (χ4v) is 7.02. The highest BCUT2D eigenvalue weighted by atomic mass is 19.2. The van der Waals surface area contributed by atoms with Crippen LogP contribution < -0.4 is 0 Å². The smallest absolute Gasteiger partial charge is 0.162 e. The van der Waals surface area contributed by atoms with Gasteiger partial charge in [0.2, 0.25) is 0 Å². The highest BCUT2D eigenvalue weighted by Gasteiger charge is 2.34. The van der Waals surface area contributed by atoms with Gasteiger partial charge in [-0.25, -0.2) is 8.78 Å². The van der Waals surface area contributed by atoms with Gasteiger partial charge in [0.1, 0.15) is 0 Å². The minimum atomic E-state index is -0.557. The zero-order valence-corrected chi connectivity index (χ0v) is 20.4. The summed E-state index contributed by atoms with van der Waals surface area (Å²) in [5.74, 6) is 1.36. The van der Waals surface area contributed by atoms with Crippen LogP contribution in [0.3, 0.4) is 0 Å². The summed E-state index contributed by atoms with van der Waals surface area (Å²) in [5.41, 5.74) is 1.25. The molecule has 2 atom stereocenters. The van der Waals surface area contributed by atoms with Gasteiger partial charge in [0.05, 0.1) is 6.10 Å². The van der Waals surface area contributed by atoms with E-state index in [1.54, 1.807) is 0 Å². The molecule has 1 aromatic carbocycles. The van der Waals surface area contributed by atoms with Gasteiger partial charge in [-0.15, -0.1) is 0 Å². The topological polar surface area (TPSA) is 9.23 Å². The van der Waals surface area contributed by atoms with E-state index in [1.807, 2.05) is 12.1 Å². The van der Waals surface area contributed by atoms with E-state index in [0.29, 0.717) is 23.1 Å². The SMILES string of the molecule is CCCC1CCC(c2ccc(C3CCC(C4CCC(CCC)CO4)CC3)c(F)c2F)CC1. The van der Waals surface area contributed by atoms with E-state index in [9.17, 15) is 0 Å². The average Bonchev–Trinajstić information content (AvgIpc) is 2.83. The van der Waals surface area contributed by atoms with E-state index in [4.69, 9.17) is 4.74 Å². The van der Waals surface area contributed by atoms with E-state index in [-0.39, 0.29) is 11.8 Å². The molecule has 0 spiro atoms. The Hall–Kier alpha value is -0.960. The average molecular weight is 447 g/mol. The summed E-state index contributed by atoms with van der Waals surface area (Å²) >= 11 is 0. The summed E-state index contributed by atoms with van der Waals surface area (Å²) in [6.45, 7) is 5.40. The maximum absolute atomic E-state index is 15.2. The Labute approximate surface area is 194 Å². The zero-order valence-electron chi connectivity index (χ0n) is 20.4. The highest BCUT2D eigenvalue weighted by Crippen LogP contribution is 2.43. The van der Waals surface area contributed by atoms with Crippen molar-refractivity contribution in [2.24, 2.45) is 17.8 Å². The quantitative estimate of drug-likeness (QED) is 0.406. The molecule has 1 heterocycles. The van der Waals surface area contributed by atoms with Crippen molar-refractivity contribution < 1.29 is 13.5 Å². The van der Waals surface area contributed by atoms with E-state index in [1.165, 1.54) is 38.5 Å². The minimum absolute atomic E-state index is 0.159. The summed E-state index contributed by atoms with van der Waals surface area (Å²) in [6.07, 6.45) is 16.3. The molecule has 3 heteroatoms. The third-order valence-corrected chi connectivity index (χ3v) is 8.97. The largest absolute Gasteiger partial charge is 0.378 e. The minimum Gasteiger partial charge on any atom is -0.378 e. The van der Waals surface area contributed by atoms with Crippen LogP contribution in [-0.2, 0) is 4.74 Å². The number of hydrogen-bond donors (Lipinski definition) is 0. The number of rotatable bonds is 7. The number of benzene rings is 1. The van der Waals surface area contributed by atoms with Crippen LogP contribution in [0.15, 0.2) is 12.1 Å².